The van der Waals surface area contributed by atoms with E-state index in [1.807, 2.05) is 17.0 Å². The third kappa shape index (κ3) is 5.26. The smallest absolute Gasteiger partial charge is 0.338 e. The van der Waals surface area contributed by atoms with Crippen molar-refractivity contribution in [3.8, 4) is 5.75 Å². The Bertz CT molecular complexity index is 801. The minimum atomic E-state index is -0.410. The van der Waals surface area contributed by atoms with Crippen LogP contribution in [0.15, 0.2) is 35.5 Å². The highest BCUT2D eigenvalue weighted by Gasteiger charge is 2.30. The molecule has 1 atom stereocenters. The van der Waals surface area contributed by atoms with Crippen LogP contribution in [-0.4, -0.2) is 48.2 Å². The Morgan fingerprint density at radius 3 is 2.52 bits per heavy atom. The monoisotopic (exact) mass is 417 g/mol. The Labute approximate surface area is 176 Å². The number of ether oxygens (including phenoxy) is 2. The maximum Gasteiger partial charge on any atom is 0.338 e. The fourth-order valence-corrected chi connectivity index (χ4v) is 3.83. The number of benzene rings is 1. The van der Waals surface area contributed by atoms with E-state index in [2.05, 4.69) is 10.6 Å². The maximum absolute atomic E-state index is 12.4. The molecular formula is C21H27N3O4S. The largest absolute Gasteiger partial charge is 0.484 e. The molecule has 2 aliphatic rings. The predicted octanol–water partition coefficient (Wildman–Crippen LogP) is 2.43. The zero-order valence-electron chi connectivity index (χ0n) is 16.8. The highest BCUT2D eigenvalue weighted by Crippen LogP contribution is 2.29. The van der Waals surface area contributed by atoms with Crippen molar-refractivity contribution in [1.29, 1.82) is 0 Å². The minimum Gasteiger partial charge on any atom is -0.484 e. The fraction of sp³-hybridized carbons (Fsp3) is 0.476. The third-order valence-corrected chi connectivity index (χ3v) is 5.27. The molecule has 0 aromatic heterocycles. The van der Waals surface area contributed by atoms with Crippen LogP contribution in [0, 0.1) is 0 Å². The number of amides is 1. The SMILES string of the molecule is CCOC(=O)C1=C(C)NC(=S)N[C@@H]1c1ccc(OCC(=O)N2CCCCC2)cc1. The van der Waals surface area contributed by atoms with E-state index in [0.29, 0.717) is 28.7 Å². The van der Waals surface area contributed by atoms with Gasteiger partial charge in [-0.1, -0.05) is 12.1 Å². The molecule has 1 fully saturated rings. The maximum atomic E-state index is 12.4. The zero-order chi connectivity index (χ0) is 20.8. The molecule has 1 aromatic carbocycles. The molecule has 0 spiro atoms. The first-order valence-electron chi connectivity index (χ1n) is 9.95. The molecule has 3 rings (SSSR count). The lowest BCUT2D eigenvalue weighted by Crippen LogP contribution is -2.45. The number of carbonyl (C=O) groups is 2. The van der Waals surface area contributed by atoms with Crippen LogP contribution in [0.25, 0.3) is 0 Å². The Kier molecular flexibility index (Phi) is 7.09. The lowest BCUT2D eigenvalue weighted by molar-refractivity contribution is -0.139. The summed E-state index contributed by atoms with van der Waals surface area (Å²) in [5.41, 5.74) is 2.02. The molecule has 2 heterocycles. The number of carbonyl (C=O) groups excluding carboxylic acids is 2. The zero-order valence-corrected chi connectivity index (χ0v) is 17.6. The second kappa shape index (κ2) is 9.73. The van der Waals surface area contributed by atoms with Crippen molar-refractivity contribution >= 4 is 29.2 Å². The number of esters is 1. The second-order valence-corrected chi connectivity index (χ2v) is 7.50. The first-order valence-corrected chi connectivity index (χ1v) is 10.4. The van der Waals surface area contributed by atoms with Gasteiger partial charge in [0.1, 0.15) is 5.75 Å². The highest BCUT2D eigenvalue weighted by molar-refractivity contribution is 7.80. The van der Waals surface area contributed by atoms with Gasteiger partial charge in [0.15, 0.2) is 11.7 Å². The Hall–Kier alpha value is -2.61. The van der Waals surface area contributed by atoms with Crippen molar-refractivity contribution in [2.24, 2.45) is 0 Å². The van der Waals surface area contributed by atoms with E-state index in [-0.39, 0.29) is 18.5 Å². The van der Waals surface area contributed by atoms with Gasteiger partial charge in [0.2, 0.25) is 0 Å². The Balaban J connectivity index is 1.67. The second-order valence-electron chi connectivity index (χ2n) is 7.09. The fourth-order valence-electron chi connectivity index (χ4n) is 3.56. The van der Waals surface area contributed by atoms with E-state index in [9.17, 15) is 9.59 Å². The number of hydrogen-bond acceptors (Lipinski definition) is 5. The topological polar surface area (TPSA) is 79.9 Å². The molecule has 0 unspecified atom stereocenters. The number of allylic oxidation sites excluding steroid dienone is 1. The van der Waals surface area contributed by atoms with Crippen LogP contribution in [-0.2, 0) is 14.3 Å². The summed E-state index contributed by atoms with van der Waals surface area (Å²) in [6.45, 7) is 5.52. The normalized spacial score (nSPS) is 19.3. The first-order chi connectivity index (χ1) is 14.0. The van der Waals surface area contributed by atoms with Crippen molar-refractivity contribution in [2.75, 3.05) is 26.3 Å². The molecule has 0 radical (unpaired) electrons. The number of likely N-dealkylation sites (tertiary alicyclic amines) is 1. The molecule has 8 heteroatoms. The summed E-state index contributed by atoms with van der Waals surface area (Å²) in [4.78, 5) is 26.5. The first kappa shape index (κ1) is 21.1. The molecule has 0 bridgehead atoms. The van der Waals surface area contributed by atoms with Crippen molar-refractivity contribution in [2.45, 2.75) is 39.2 Å². The van der Waals surface area contributed by atoms with E-state index >= 15 is 0 Å². The number of rotatable bonds is 6. The van der Waals surface area contributed by atoms with E-state index in [4.69, 9.17) is 21.7 Å². The number of nitrogens with one attached hydrogen (secondary N) is 2. The standard InChI is InChI=1S/C21H27N3O4S/c1-3-27-20(26)18-14(2)22-21(29)23-19(18)15-7-9-16(10-8-15)28-13-17(25)24-11-5-4-6-12-24/h7-10,19H,3-6,11-13H2,1-2H3,(H2,22,23,29)/t19-/m1/s1. The molecule has 1 amide bonds. The molecule has 2 N–H and O–H groups in total. The summed E-state index contributed by atoms with van der Waals surface area (Å²) in [6.07, 6.45) is 3.30. The minimum absolute atomic E-state index is 0.0160. The van der Waals surface area contributed by atoms with Crippen LogP contribution in [0.3, 0.4) is 0 Å². The average Bonchev–Trinajstić information content (AvgIpc) is 2.72. The number of hydrogen-bond donors (Lipinski definition) is 2. The predicted molar refractivity (Wildman–Crippen MR) is 113 cm³/mol. The molecule has 1 aromatic rings. The van der Waals surface area contributed by atoms with Crippen molar-refractivity contribution < 1.29 is 19.1 Å². The highest BCUT2D eigenvalue weighted by atomic mass is 32.1. The van der Waals surface area contributed by atoms with Gasteiger partial charge in [-0.3, -0.25) is 4.79 Å². The molecular weight excluding hydrogens is 390 g/mol. The Morgan fingerprint density at radius 1 is 1.17 bits per heavy atom. The number of piperidine rings is 1. The summed E-state index contributed by atoms with van der Waals surface area (Å²) in [7, 11) is 0. The van der Waals surface area contributed by atoms with Gasteiger partial charge in [0, 0.05) is 18.8 Å². The summed E-state index contributed by atoms with van der Waals surface area (Å²) in [5, 5.41) is 6.55. The lowest BCUT2D eigenvalue weighted by atomic mass is 9.95. The average molecular weight is 418 g/mol. The molecule has 156 valence electrons. The molecule has 0 saturated carbocycles. The molecule has 0 aliphatic carbocycles. The van der Waals surface area contributed by atoms with Crippen molar-refractivity contribution in [1.82, 2.24) is 15.5 Å². The summed E-state index contributed by atoms with van der Waals surface area (Å²) in [6, 6.07) is 6.90. The van der Waals surface area contributed by atoms with Gasteiger partial charge in [-0.25, -0.2) is 4.79 Å². The number of nitrogens with zero attached hydrogens (tertiary/aromatic N) is 1. The van der Waals surface area contributed by atoms with Gasteiger partial charge < -0.3 is 25.0 Å². The van der Waals surface area contributed by atoms with Gasteiger partial charge in [0.05, 0.1) is 18.2 Å². The van der Waals surface area contributed by atoms with Gasteiger partial charge in [0.25, 0.3) is 5.91 Å². The van der Waals surface area contributed by atoms with Crippen LogP contribution in [0.5, 0.6) is 5.75 Å². The van der Waals surface area contributed by atoms with Gasteiger partial charge in [-0.05, 0) is 63.0 Å². The summed E-state index contributed by atoms with van der Waals surface area (Å²) < 4.78 is 10.9. The quantitative estimate of drug-likeness (QED) is 0.544. The van der Waals surface area contributed by atoms with E-state index in [1.54, 1.807) is 26.0 Å². The van der Waals surface area contributed by atoms with Gasteiger partial charge in [-0.15, -0.1) is 0 Å². The van der Waals surface area contributed by atoms with Crippen LogP contribution in [0.2, 0.25) is 0 Å². The molecule has 1 saturated heterocycles. The molecule has 2 aliphatic heterocycles. The van der Waals surface area contributed by atoms with Crippen LogP contribution >= 0.6 is 12.2 Å². The molecule has 7 nitrogen and oxygen atoms in total. The van der Waals surface area contributed by atoms with E-state index in [0.717, 1.165) is 31.5 Å². The summed E-state index contributed by atoms with van der Waals surface area (Å²) in [5.74, 6) is 0.237. The van der Waals surface area contributed by atoms with Gasteiger partial charge in [-0.2, -0.15) is 0 Å². The van der Waals surface area contributed by atoms with Gasteiger partial charge >= 0.3 is 5.97 Å². The lowest BCUT2D eigenvalue weighted by Gasteiger charge is -2.30. The van der Waals surface area contributed by atoms with Crippen molar-refractivity contribution in [3.63, 3.8) is 0 Å². The van der Waals surface area contributed by atoms with Crippen LogP contribution in [0.1, 0.15) is 44.7 Å². The Morgan fingerprint density at radius 2 is 1.86 bits per heavy atom. The van der Waals surface area contributed by atoms with E-state index in [1.165, 1.54) is 6.42 Å². The van der Waals surface area contributed by atoms with Crippen LogP contribution < -0.4 is 15.4 Å². The van der Waals surface area contributed by atoms with Crippen molar-refractivity contribution in [3.05, 3.63) is 41.1 Å². The third-order valence-electron chi connectivity index (χ3n) is 5.05. The van der Waals surface area contributed by atoms with Crippen LogP contribution in [0.4, 0.5) is 0 Å². The summed E-state index contributed by atoms with van der Waals surface area (Å²) >= 11 is 5.25. The number of thiocarbonyl (C=S) groups is 1. The van der Waals surface area contributed by atoms with E-state index < -0.39 is 6.04 Å². The molecule has 29 heavy (non-hydrogen) atoms.